The van der Waals surface area contributed by atoms with Gasteiger partial charge in [-0.25, -0.2) is 10.1 Å². The van der Waals surface area contributed by atoms with E-state index < -0.39 is 11.7 Å². The van der Waals surface area contributed by atoms with E-state index in [4.69, 9.17) is 4.74 Å². The molecule has 34 heavy (non-hydrogen) atoms. The summed E-state index contributed by atoms with van der Waals surface area (Å²) in [5, 5.41) is 14.0. The summed E-state index contributed by atoms with van der Waals surface area (Å²) < 4.78 is 5.39. The van der Waals surface area contributed by atoms with E-state index in [0.717, 1.165) is 0 Å². The second-order valence-corrected chi connectivity index (χ2v) is 7.66. The van der Waals surface area contributed by atoms with E-state index in [1.165, 1.54) is 24.4 Å². The van der Waals surface area contributed by atoms with Crippen LogP contribution in [0.25, 0.3) is 22.4 Å². The van der Waals surface area contributed by atoms with Crippen molar-refractivity contribution in [3.05, 3.63) is 53.9 Å². The molecule has 2 N–H and O–H groups in total. The van der Waals surface area contributed by atoms with Crippen molar-refractivity contribution in [1.82, 2.24) is 40.4 Å². The largest absolute Gasteiger partial charge is 0.494 e. The number of hydrogen-bond donors (Lipinski definition) is 2. The molecule has 1 aliphatic heterocycles. The summed E-state index contributed by atoms with van der Waals surface area (Å²) in [6, 6.07) is 8.97. The van der Waals surface area contributed by atoms with Gasteiger partial charge in [-0.3, -0.25) is 14.4 Å². The molecule has 1 aliphatic rings. The average Bonchev–Trinajstić information content (AvgIpc) is 3.58. The summed E-state index contributed by atoms with van der Waals surface area (Å²) in [6.45, 7) is 1.21. The van der Waals surface area contributed by atoms with E-state index in [-0.39, 0.29) is 24.6 Å². The van der Waals surface area contributed by atoms with Gasteiger partial charge in [-0.2, -0.15) is 0 Å². The lowest BCUT2D eigenvalue weighted by molar-refractivity contribution is -0.127. The Morgan fingerprint density at radius 1 is 1.03 bits per heavy atom. The van der Waals surface area contributed by atoms with Crippen LogP contribution in [0.3, 0.4) is 0 Å². The molecule has 1 fully saturated rings. The SMILES string of the molecule is COc1cnc(-c2nnn[nH]2)c2[nH]cc(C(=O)C(=O)N3CCN(C(=O)c4ccccc4)CC3)c12. The number of pyridine rings is 1. The van der Waals surface area contributed by atoms with Gasteiger partial charge in [0, 0.05) is 37.9 Å². The van der Waals surface area contributed by atoms with Crippen molar-refractivity contribution in [2.24, 2.45) is 0 Å². The lowest BCUT2D eigenvalue weighted by Crippen LogP contribution is -2.52. The Labute approximate surface area is 192 Å². The van der Waals surface area contributed by atoms with Gasteiger partial charge >= 0.3 is 0 Å². The Balaban J connectivity index is 1.36. The van der Waals surface area contributed by atoms with Gasteiger partial charge in [-0.05, 0) is 22.6 Å². The molecule has 0 aliphatic carbocycles. The molecule has 0 saturated carbocycles. The third kappa shape index (κ3) is 3.64. The zero-order valence-corrected chi connectivity index (χ0v) is 18.2. The number of amides is 2. The third-order valence-corrected chi connectivity index (χ3v) is 5.78. The summed E-state index contributed by atoms with van der Waals surface area (Å²) in [4.78, 5) is 49.4. The number of aromatic nitrogens is 6. The number of tetrazole rings is 1. The topological polar surface area (TPSA) is 150 Å². The van der Waals surface area contributed by atoms with Crippen LogP contribution in [0.2, 0.25) is 0 Å². The molecular formula is C22H20N8O4. The Kier molecular flexibility index (Phi) is 5.46. The second kappa shape index (κ2) is 8.73. The van der Waals surface area contributed by atoms with Crippen LogP contribution in [0, 0.1) is 0 Å². The quantitative estimate of drug-likeness (QED) is 0.330. The number of ketones is 1. The lowest BCUT2D eigenvalue weighted by atomic mass is 10.1. The molecule has 172 valence electrons. The molecule has 0 unspecified atom stereocenters. The standard InChI is InChI=1S/C22H20N8O4/c1-34-15-12-24-18(20-25-27-28-26-20)17-16(15)14(11-23-17)19(31)22(33)30-9-7-29(8-10-30)21(32)13-5-3-2-4-6-13/h2-6,11-12,23H,7-10H2,1H3,(H,25,26,27,28). The molecule has 1 aromatic carbocycles. The first-order chi connectivity index (χ1) is 16.6. The highest BCUT2D eigenvalue weighted by Gasteiger charge is 2.31. The van der Waals surface area contributed by atoms with Gasteiger partial charge in [0.25, 0.3) is 17.6 Å². The van der Waals surface area contributed by atoms with Crippen LogP contribution in [0.15, 0.2) is 42.7 Å². The summed E-state index contributed by atoms with van der Waals surface area (Å²) in [5.74, 6) is -0.780. The molecule has 4 heterocycles. The molecule has 0 spiro atoms. The number of nitrogens with one attached hydrogen (secondary N) is 2. The van der Waals surface area contributed by atoms with E-state index in [2.05, 4.69) is 30.6 Å². The highest BCUT2D eigenvalue weighted by atomic mass is 16.5. The van der Waals surface area contributed by atoms with Gasteiger partial charge in [-0.1, -0.05) is 18.2 Å². The first-order valence-corrected chi connectivity index (χ1v) is 10.5. The van der Waals surface area contributed by atoms with E-state index in [9.17, 15) is 14.4 Å². The number of aromatic amines is 2. The van der Waals surface area contributed by atoms with E-state index >= 15 is 0 Å². The number of Topliss-reactive ketones (excluding diaryl/α,β-unsaturated/α-hetero) is 1. The molecule has 5 rings (SSSR count). The minimum atomic E-state index is -0.680. The van der Waals surface area contributed by atoms with E-state index in [1.54, 1.807) is 29.2 Å². The molecule has 2 amide bonds. The predicted molar refractivity (Wildman–Crippen MR) is 119 cm³/mol. The highest BCUT2D eigenvalue weighted by molar-refractivity contribution is 6.45. The first-order valence-electron chi connectivity index (χ1n) is 10.5. The molecule has 12 nitrogen and oxygen atoms in total. The minimum absolute atomic E-state index is 0.0951. The number of benzene rings is 1. The van der Waals surface area contributed by atoms with Crippen LogP contribution in [0.4, 0.5) is 0 Å². The van der Waals surface area contributed by atoms with Crippen LogP contribution >= 0.6 is 0 Å². The van der Waals surface area contributed by atoms with Crippen molar-refractivity contribution in [3.63, 3.8) is 0 Å². The van der Waals surface area contributed by atoms with E-state index in [0.29, 0.717) is 46.8 Å². The number of piperazine rings is 1. The Morgan fingerprint density at radius 3 is 2.44 bits per heavy atom. The molecule has 0 bridgehead atoms. The zero-order valence-electron chi connectivity index (χ0n) is 18.2. The van der Waals surface area contributed by atoms with Crippen molar-refractivity contribution in [1.29, 1.82) is 0 Å². The maximum atomic E-state index is 13.2. The maximum absolute atomic E-state index is 13.2. The van der Waals surface area contributed by atoms with Crippen LogP contribution in [-0.4, -0.2) is 91.3 Å². The minimum Gasteiger partial charge on any atom is -0.494 e. The lowest BCUT2D eigenvalue weighted by Gasteiger charge is -2.34. The number of H-pyrrole nitrogens is 2. The van der Waals surface area contributed by atoms with Crippen molar-refractivity contribution in [2.75, 3.05) is 33.3 Å². The average molecular weight is 460 g/mol. The number of rotatable bonds is 5. The number of ether oxygens (including phenoxy) is 1. The molecule has 1 saturated heterocycles. The van der Waals surface area contributed by atoms with Gasteiger partial charge in [0.15, 0.2) is 5.82 Å². The molecular weight excluding hydrogens is 440 g/mol. The Hall–Kier alpha value is -4.61. The van der Waals surface area contributed by atoms with Crippen LogP contribution in [0.1, 0.15) is 20.7 Å². The predicted octanol–water partition coefficient (Wildman–Crippen LogP) is 0.919. The molecule has 12 heteroatoms. The van der Waals surface area contributed by atoms with Gasteiger partial charge in [-0.15, -0.1) is 5.10 Å². The fourth-order valence-corrected chi connectivity index (χ4v) is 4.03. The number of methoxy groups -OCH3 is 1. The zero-order chi connectivity index (χ0) is 23.7. The van der Waals surface area contributed by atoms with E-state index in [1.807, 2.05) is 6.07 Å². The van der Waals surface area contributed by atoms with Crippen molar-refractivity contribution >= 4 is 28.5 Å². The normalized spacial score (nSPS) is 13.8. The molecule has 4 aromatic rings. The molecule has 0 atom stereocenters. The number of carbonyl (C=O) groups is 3. The van der Waals surface area contributed by atoms with Gasteiger partial charge in [0.05, 0.1) is 29.8 Å². The number of carbonyl (C=O) groups excluding carboxylic acids is 3. The summed E-state index contributed by atoms with van der Waals surface area (Å²) >= 11 is 0. The summed E-state index contributed by atoms with van der Waals surface area (Å²) in [5.41, 5.74) is 1.61. The fraction of sp³-hybridized carbons (Fsp3) is 0.227. The fourth-order valence-electron chi connectivity index (χ4n) is 4.03. The number of nitrogens with zero attached hydrogens (tertiary/aromatic N) is 6. The second-order valence-electron chi connectivity index (χ2n) is 7.66. The Morgan fingerprint density at radius 2 is 1.76 bits per heavy atom. The van der Waals surface area contributed by atoms with Gasteiger partial charge < -0.3 is 19.5 Å². The van der Waals surface area contributed by atoms with Crippen LogP contribution < -0.4 is 4.74 Å². The van der Waals surface area contributed by atoms with Crippen molar-refractivity contribution < 1.29 is 19.1 Å². The number of fused-ring (bicyclic) bond motifs is 1. The first kappa shape index (κ1) is 21.2. The highest BCUT2D eigenvalue weighted by Crippen LogP contribution is 2.33. The van der Waals surface area contributed by atoms with Gasteiger partial charge in [0.2, 0.25) is 0 Å². The third-order valence-electron chi connectivity index (χ3n) is 5.78. The maximum Gasteiger partial charge on any atom is 0.295 e. The summed E-state index contributed by atoms with van der Waals surface area (Å²) in [6.07, 6.45) is 2.90. The smallest absolute Gasteiger partial charge is 0.295 e. The molecule has 0 radical (unpaired) electrons. The number of hydrogen-bond acceptors (Lipinski definition) is 8. The molecule has 3 aromatic heterocycles. The Bertz CT molecular complexity index is 1360. The van der Waals surface area contributed by atoms with Crippen LogP contribution in [-0.2, 0) is 4.79 Å². The van der Waals surface area contributed by atoms with Gasteiger partial charge in [0.1, 0.15) is 11.4 Å². The van der Waals surface area contributed by atoms with Crippen molar-refractivity contribution in [2.45, 2.75) is 0 Å². The monoisotopic (exact) mass is 460 g/mol. The van der Waals surface area contributed by atoms with Crippen LogP contribution in [0.5, 0.6) is 5.75 Å². The summed E-state index contributed by atoms with van der Waals surface area (Å²) in [7, 11) is 1.46. The van der Waals surface area contributed by atoms with Crippen molar-refractivity contribution in [3.8, 4) is 17.3 Å².